The summed E-state index contributed by atoms with van der Waals surface area (Å²) in [6, 6.07) is 11.2. The second-order valence-electron chi connectivity index (χ2n) is 15.8. The average Bonchev–Trinajstić information content (AvgIpc) is 3.19. The molecule has 2 saturated heterocycles. The molecule has 4 aliphatic heterocycles. The Hall–Kier alpha value is -3.12. The molecular weight excluding hydrogens is 688 g/mol. The number of allylic oxidation sites excluding steroid dienone is 1. The number of nitrogens with zero attached hydrogens (tertiary/aromatic N) is 3. The number of fused-ring (bicyclic) bond motifs is 4. The molecule has 2 bridgehead atoms. The van der Waals surface area contributed by atoms with Gasteiger partial charge in [-0.1, -0.05) is 36.7 Å². The molecule has 2 aliphatic carbocycles. The molecule has 1 saturated carbocycles. The van der Waals surface area contributed by atoms with Crippen molar-refractivity contribution in [2.24, 2.45) is 34.0 Å². The van der Waals surface area contributed by atoms with E-state index in [-0.39, 0.29) is 23.2 Å². The number of aryl methyl sites for hydroxylation is 1. The summed E-state index contributed by atoms with van der Waals surface area (Å²) in [6.45, 7) is 6.64. The molecule has 8 rings (SSSR count). The smallest absolute Gasteiger partial charge is 0.329 e. The highest BCUT2D eigenvalue weighted by molar-refractivity contribution is 7.92. The highest BCUT2D eigenvalue weighted by Gasteiger charge is 2.45. The van der Waals surface area contributed by atoms with Gasteiger partial charge in [-0.25, -0.2) is 9.00 Å². The van der Waals surface area contributed by atoms with Gasteiger partial charge < -0.3 is 24.0 Å². The maximum Gasteiger partial charge on any atom is 0.329 e. The van der Waals surface area contributed by atoms with Crippen LogP contribution in [0.1, 0.15) is 60.5 Å². The van der Waals surface area contributed by atoms with E-state index in [0.717, 1.165) is 74.9 Å². The lowest BCUT2D eigenvalue weighted by Gasteiger charge is -2.46. The van der Waals surface area contributed by atoms with Gasteiger partial charge in [0, 0.05) is 61.1 Å². The molecule has 1 unspecified atom stereocenters. The van der Waals surface area contributed by atoms with E-state index in [2.05, 4.69) is 38.3 Å². The molecule has 3 fully saturated rings. The Bertz CT molecular complexity index is 1840. The SMILES string of the molecule is CO[C@H]1/C=C/C[C@H](C)CS(=O)(NC(=O)N2CC(C3COC3)C2)=NC(=O)c2ccc3c(c2)N(C[C@@H]2CC[C@H]21)C[C@@]1(CCCc2cc(Cl)ccc21)CO3. The lowest BCUT2D eigenvalue weighted by atomic mass is 9.68. The molecule has 3 amide bonds. The van der Waals surface area contributed by atoms with Gasteiger partial charge in [0.15, 0.2) is 0 Å². The number of hydrogen-bond acceptors (Lipinski definition) is 7. The van der Waals surface area contributed by atoms with E-state index in [1.54, 1.807) is 18.1 Å². The van der Waals surface area contributed by atoms with Crippen LogP contribution in [0.4, 0.5) is 10.5 Å². The Morgan fingerprint density at radius 2 is 1.94 bits per heavy atom. The van der Waals surface area contributed by atoms with Crippen LogP contribution in [0.3, 0.4) is 0 Å². The minimum Gasteiger partial charge on any atom is -0.490 e. The van der Waals surface area contributed by atoms with E-state index in [1.165, 1.54) is 11.1 Å². The number of anilines is 1. The van der Waals surface area contributed by atoms with Crippen molar-refractivity contribution in [1.82, 2.24) is 9.62 Å². The maximum atomic E-state index is 14.5. The van der Waals surface area contributed by atoms with E-state index in [4.69, 9.17) is 25.8 Å². The number of carbonyl (C=O) groups is 2. The average molecular weight is 737 g/mol. The highest BCUT2D eigenvalue weighted by atomic mass is 35.5. The van der Waals surface area contributed by atoms with E-state index < -0.39 is 21.9 Å². The number of benzene rings is 2. The molecule has 274 valence electrons. The zero-order valence-electron chi connectivity index (χ0n) is 29.6. The maximum absolute atomic E-state index is 14.5. The van der Waals surface area contributed by atoms with Crippen molar-refractivity contribution in [3.8, 4) is 5.75 Å². The molecule has 12 heteroatoms. The minimum atomic E-state index is -3.45. The van der Waals surface area contributed by atoms with Crippen LogP contribution < -0.4 is 14.4 Å². The first-order chi connectivity index (χ1) is 24.6. The summed E-state index contributed by atoms with van der Waals surface area (Å²) in [4.78, 5) is 31.4. The van der Waals surface area contributed by atoms with Gasteiger partial charge in [-0.2, -0.15) is 0 Å². The number of methoxy groups -OCH3 is 1. The molecule has 1 N–H and O–H groups in total. The molecule has 10 nitrogen and oxygen atoms in total. The first-order valence-corrected chi connectivity index (χ1v) is 20.6. The van der Waals surface area contributed by atoms with Gasteiger partial charge in [0.1, 0.15) is 15.7 Å². The summed E-state index contributed by atoms with van der Waals surface area (Å²) in [7, 11) is -1.68. The summed E-state index contributed by atoms with van der Waals surface area (Å²) in [5.41, 5.74) is 3.47. The zero-order valence-corrected chi connectivity index (χ0v) is 31.1. The Morgan fingerprint density at radius 3 is 2.69 bits per heavy atom. The molecule has 51 heavy (non-hydrogen) atoms. The molecule has 2 aromatic carbocycles. The van der Waals surface area contributed by atoms with Crippen molar-refractivity contribution in [2.45, 2.75) is 57.0 Å². The Morgan fingerprint density at radius 1 is 1.10 bits per heavy atom. The van der Waals surface area contributed by atoms with Crippen molar-refractivity contribution in [2.75, 3.05) is 63.8 Å². The molecular formula is C39H49ClN4O6S. The van der Waals surface area contributed by atoms with Gasteiger partial charge in [-0.15, -0.1) is 4.36 Å². The predicted octanol–water partition coefficient (Wildman–Crippen LogP) is 6.26. The van der Waals surface area contributed by atoms with Crippen LogP contribution in [0, 0.1) is 29.6 Å². The molecule has 1 spiro atoms. The highest BCUT2D eigenvalue weighted by Crippen LogP contribution is 2.47. The van der Waals surface area contributed by atoms with Gasteiger partial charge in [-0.3, -0.25) is 9.52 Å². The van der Waals surface area contributed by atoms with Crippen LogP contribution in [0.2, 0.25) is 5.02 Å². The Kier molecular flexibility index (Phi) is 9.61. The third-order valence-electron chi connectivity index (χ3n) is 12.3. The standard InChI is InChI=1S/C39H49ClN4O6S/c1-25-5-3-7-35(48-2)32-11-8-28(32)17-44-23-39(14-4-6-26-15-31(40)10-12-33(26)39)24-50-36-13-9-27(16-34(36)44)37(45)41-51(47,22-25)42-38(46)43-18-29(19-43)30-20-49-21-30/h3,7,9-10,12-13,15-16,25,28-30,32,35H,4-6,8,11,14,17-24H2,1-2H3,(H,41,42,45,46,47)/b7-3+/t25-,28-,32+,35-,39-,51?/m0/s1. The molecule has 0 radical (unpaired) electrons. The number of carbonyl (C=O) groups excluding carboxylic acids is 2. The number of likely N-dealkylation sites (tertiary alicyclic amines) is 1. The van der Waals surface area contributed by atoms with E-state index in [9.17, 15) is 13.8 Å². The number of urea groups is 1. The van der Waals surface area contributed by atoms with Gasteiger partial charge in [0.05, 0.1) is 37.4 Å². The van der Waals surface area contributed by atoms with Crippen LogP contribution in [0.15, 0.2) is 52.9 Å². The van der Waals surface area contributed by atoms with Crippen molar-refractivity contribution < 1.29 is 28.0 Å². The minimum absolute atomic E-state index is 0.0415. The third kappa shape index (κ3) is 6.91. The van der Waals surface area contributed by atoms with Gasteiger partial charge in [0.2, 0.25) is 0 Å². The molecule has 0 aromatic heterocycles. The van der Waals surface area contributed by atoms with Gasteiger partial charge >= 0.3 is 6.03 Å². The second kappa shape index (κ2) is 14.0. The van der Waals surface area contributed by atoms with Crippen molar-refractivity contribution in [1.29, 1.82) is 0 Å². The lowest BCUT2D eigenvalue weighted by Crippen LogP contribution is -2.59. The largest absolute Gasteiger partial charge is 0.490 e. The third-order valence-corrected chi connectivity index (χ3v) is 14.5. The van der Waals surface area contributed by atoms with Crippen LogP contribution in [-0.2, 0) is 31.2 Å². The van der Waals surface area contributed by atoms with E-state index in [0.29, 0.717) is 55.4 Å². The zero-order chi connectivity index (χ0) is 35.3. The van der Waals surface area contributed by atoms with E-state index >= 15 is 0 Å². The van der Waals surface area contributed by atoms with Crippen LogP contribution >= 0.6 is 11.6 Å². The normalized spacial score (nSPS) is 33.3. The number of rotatable bonds is 3. The van der Waals surface area contributed by atoms with Crippen molar-refractivity contribution >= 4 is 39.1 Å². The second-order valence-corrected chi connectivity index (χ2v) is 18.3. The predicted molar refractivity (Wildman–Crippen MR) is 198 cm³/mol. The van der Waals surface area contributed by atoms with Gasteiger partial charge in [-0.05, 0) is 97.7 Å². The summed E-state index contributed by atoms with van der Waals surface area (Å²) >= 11 is 6.46. The fourth-order valence-electron chi connectivity index (χ4n) is 9.07. The number of amides is 3. The molecule has 6 aliphatic rings. The van der Waals surface area contributed by atoms with Crippen LogP contribution in [0.25, 0.3) is 0 Å². The molecule has 2 aromatic rings. The van der Waals surface area contributed by atoms with Crippen LogP contribution in [-0.4, -0.2) is 86.0 Å². The summed E-state index contributed by atoms with van der Waals surface area (Å²) in [5.74, 6) is 1.66. The first-order valence-electron chi connectivity index (χ1n) is 18.6. The summed E-state index contributed by atoms with van der Waals surface area (Å²) in [5, 5.41) is 0.747. The summed E-state index contributed by atoms with van der Waals surface area (Å²) in [6.07, 6.45) is 10.0. The van der Waals surface area contributed by atoms with Crippen LogP contribution in [0.5, 0.6) is 5.75 Å². The molecule has 4 heterocycles. The van der Waals surface area contributed by atoms with Crippen molar-refractivity contribution in [3.05, 3.63) is 70.3 Å². The lowest BCUT2D eigenvalue weighted by molar-refractivity contribution is -0.0891. The monoisotopic (exact) mass is 736 g/mol. The van der Waals surface area contributed by atoms with Crippen molar-refractivity contribution in [3.63, 3.8) is 0 Å². The topological polar surface area (TPSA) is 110 Å². The number of halogens is 1. The van der Waals surface area contributed by atoms with E-state index in [1.807, 2.05) is 25.1 Å². The number of nitrogens with one attached hydrogen (secondary N) is 1. The number of hydrogen-bond donors (Lipinski definition) is 1. The Balaban J connectivity index is 1.15. The quantitative estimate of drug-likeness (QED) is 0.371. The number of ether oxygens (including phenoxy) is 3. The fraction of sp³-hybridized carbons (Fsp3) is 0.590. The fourth-order valence-corrected chi connectivity index (χ4v) is 11.2. The Labute approximate surface area is 306 Å². The van der Waals surface area contributed by atoms with Gasteiger partial charge in [0.25, 0.3) is 5.91 Å². The summed E-state index contributed by atoms with van der Waals surface area (Å²) < 4.78 is 39.6. The first kappa shape index (κ1) is 34.9. The molecule has 6 atom stereocenters.